The molecule has 0 aliphatic carbocycles. The van der Waals surface area contributed by atoms with Gasteiger partial charge in [0.25, 0.3) is 0 Å². The van der Waals surface area contributed by atoms with E-state index < -0.39 is 17.0 Å². The van der Waals surface area contributed by atoms with E-state index in [9.17, 15) is 14.0 Å². The summed E-state index contributed by atoms with van der Waals surface area (Å²) in [6, 6.07) is 12.9. The number of hydrogen-bond acceptors (Lipinski definition) is 5. The number of hydrogen-bond donors (Lipinski definition) is 2. The number of halogens is 2. The number of anilines is 1. The van der Waals surface area contributed by atoms with Crippen LogP contribution < -0.4 is 10.6 Å². The van der Waals surface area contributed by atoms with Crippen LogP contribution in [0.4, 0.5) is 10.1 Å². The Morgan fingerprint density at radius 1 is 1.25 bits per heavy atom. The third-order valence-corrected chi connectivity index (χ3v) is 5.17. The fraction of sp³-hybridized carbons (Fsp3) is 0.158. The molecular weight excluding hydrogens is 403 g/mol. The normalized spacial score (nSPS) is 18.7. The Labute approximate surface area is 170 Å². The molecule has 0 spiro atoms. The largest absolute Gasteiger partial charge is 0.323 e. The topological polar surface area (TPSA) is 82.9 Å². The monoisotopic (exact) mass is 418 g/mol. The molecular formula is C19H16ClFN4O2S. The predicted octanol–water partition coefficient (Wildman–Crippen LogP) is 3.82. The van der Waals surface area contributed by atoms with Crippen LogP contribution in [0.15, 0.2) is 58.7 Å². The lowest BCUT2D eigenvalue weighted by molar-refractivity contribution is -0.123. The number of carbonyl (C=O) groups excluding carboxylic acids is 2. The van der Waals surface area contributed by atoms with Crippen LogP contribution in [0.3, 0.4) is 0 Å². The van der Waals surface area contributed by atoms with Crippen LogP contribution in [0, 0.1) is 5.82 Å². The van der Waals surface area contributed by atoms with Crippen LogP contribution in [0.1, 0.15) is 18.9 Å². The first-order valence-electron chi connectivity index (χ1n) is 8.32. The maximum Gasteiger partial charge on any atom is 0.238 e. The number of amides is 2. The van der Waals surface area contributed by atoms with Crippen LogP contribution in [-0.4, -0.2) is 27.9 Å². The van der Waals surface area contributed by atoms with Crippen molar-refractivity contribution in [2.24, 2.45) is 10.2 Å². The van der Waals surface area contributed by atoms with Crippen LogP contribution >= 0.6 is 23.4 Å². The lowest BCUT2D eigenvalue weighted by Gasteiger charge is -2.21. The molecule has 0 radical (unpaired) electrons. The number of carbonyl (C=O) groups is 2. The predicted molar refractivity (Wildman–Crippen MR) is 110 cm³/mol. The molecule has 3 rings (SSSR count). The first-order valence-corrected chi connectivity index (χ1v) is 9.58. The highest BCUT2D eigenvalue weighted by Crippen LogP contribution is 2.23. The molecule has 1 heterocycles. The fourth-order valence-corrected chi connectivity index (χ4v) is 3.44. The van der Waals surface area contributed by atoms with Crippen molar-refractivity contribution in [1.82, 2.24) is 5.32 Å². The summed E-state index contributed by atoms with van der Waals surface area (Å²) in [7, 11) is 0. The first kappa shape index (κ1) is 20.0. The van der Waals surface area contributed by atoms with E-state index in [1.54, 1.807) is 37.3 Å². The summed E-state index contributed by atoms with van der Waals surface area (Å²) in [5, 5.41) is 13.3. The average molecular weight is 419 g/mol. The van der Waals surface area contributed by atoms with Gasteiger partial charge in [0.2, 0.25) is 11.8 Å². The van der Waals surface area contributed by atoms with Crippen LogP contribution in [0.25, 0.3) is 0 Å². The number of rotatable bonds is 4. The Balaban J connectivity index is 1.71. The van der Waals surface area contributed by atoms with E-state index in [1.165, 1.54) is 18.2 Å². The zero-order valence-electron chi connectivity index (χ0n) is 14.8. The molecule has 2 aromatic rings. The van der Waals surface area contributed by atoms with Crippen LogP contribution in [0.2, 0.25) is 5.02 Å². The van der Waals surface area contributed by atoms with E-state index in [0.717, 1.165) is 17.3 Å². The standard InChI is InChI=1S/C19H16ClFN4O2S/c1-11(12-6-8-13(20)9-7-12)24-25-19-23-17(26)10-16(28-19)18(27)22-15-5-3-2-4-14(15)21/h2-9,16H,10H2,1H3,(H,22,27)(H,23,25,26)/b24-11+. The van der Waals surface area contributed by atoms with Gasteiger partial charge < -0.3 is 10.6 Å². The van der Waals surface area contributed by atoms with Crippen molar-refractivity contribution in [3.05, 3.63) is 64.9 Å². The highest BCUT2D eigenvalue weighted by atomic mass is 35.5. The van der Waals surface area contributed by atoms with Crippen LogP contribution in [-0.2, 0) is 9.59 Å². The molecule has 2 aromatic carbocycles. The van der Waals surface area contributed by atoms with Gasteiger partial charge in [0, 0.05) is 11.4 Å². The number of amidine groups is 1. The first-order chi connectivity index (χ1) is 13.4. The van der Waals surface area contributed by atoms with Gasteiger partial charge in [-0.15, -0.1) is 5.10 Å². The molecule has 1 saturated heterocycles. The number of thioether (sulfide) groups is 1. The van der Waals surface area contributed by atoms with Crippen LogP contribution in [0.5, 0.6) is 0 Å². The van der Waals surface area contributed by atoms with Gasteiger partial charge in [-0.05, 0) is 36.8 Å². The Bertz CT molecular complexity index is 963. The summed E-state index contributed by atoms with van der Waals surface area (Å²) in [4.78, 5) is 24.4. The zero-order chi connectivity index (χ0) is 20.1. The number of nitrogens with one attached hydrogen (secondary N) is 2. The molecule has 9 heteroatoms. The SMILES string of the molecule is C/C(=N\N=C1/NC(=O)CC(C(=O)Nc2ccccc2F)S1)c1ccc(Cl)cc1. The molecule has 1 aliphatic rings. The van der Waals surface area contributed by atoms with Crippen molar-refractivity contribution in [1.29, 1.82) is 0 Å². The van der Waals surface area contributed by atoms with Gasteiger partial charge in [-0.1, -0.05) is 47.6 Å². The minimum atomic E-state index is -0.738. The maximum absolute atomic E-state index is 13.7. The van der Waals surface area contributed by atoms with Gasteiger partial charge >= 0.3 is 0 Å². The zero-order valence-corrected chi connectivity index (χ0v) is 16.4. The van der Waals surface area contributed by atoms with Gasteiger partial charge in [-0.2, -0.15) is 5.10 Å². The maximum atomic E-state index is 13.7. The second-order valence-electron chi connectivity index (χ2n) is 5.93. The third-order valence-electron chi connectivity index (χ3n) is 3.85. The van der Waals surface area contributed by atoms with Crippen molar-refractivity contribution in [3.63, 3.8) is 0 Å². The molecule has 1 aliphatic heterocycles. The van der Waals surface area contributed by atoms with E-state index in [0.29, 0.717) is 10.7 Å². The quantitative estimate of drug-likeness (QED) is 0.585. The lowest BCUT2D eigenvalue weighted by Crippen LogP contribution is -2.42. The summed E-state index contributed by atoms with van der Waals surface area (Å²) in [5.41, 5.74) is 1.51. The molecule has 2 N–H and O–H groups in total. The highest BCUT2D eigenvalue weighted by Gasteiger charge is 2.30. The van der Waals surface area contributed by atoms with E-state index in [1.807, 2.05) is 0 Å². The molecule has 0 bridgehead atoms. The summed E-state index contributed by atoms with van der Waals surface area (Å²) in [6.07, 6.45) is -0.0378. The molecule has 2 amide bonds. The Morgan fingerprint density at radius 3 is 2.68 bits per heavy atom. The van der Waals surface area contributed by atoms with Crippen molar-refractivity contribution >= 4 is 51.7 Å². The van der Waals surface area contributed by atoms with E-state index >= 15 is 0 Å². The highest BCUT2D eigenvalue weighted by molar-refractivity contribution is 8.15. The number of nitrogens with zero attached hydrogens (tertiary/aromatic N) is 2. The molecule has 0 saturated carbocycles. The molecule has 6 nitrogen and oxygen atoms in total. The van der Waals surface area contributed by atoms with Gasteiger partial charge in [0.1, 0.15) is 11.1 Å². The molecule has 1 unspecified atom stereocenters. The summed E-state index contributed by atoms with van der Waals surface area (Å²) < 4.78 is 13.7. The van der Waals surface area contributed by atoms with Crippen molar-refractivity contribution in [2.45, 2.75) is 18.6 Å². The van der Waals surface area contributed by atoms with Crippen molar-refractivity contribution in [2.75, 3.05) is 5.32 Å². The molecule has 0 aromatic heterocycles. The molecule has 144 valence electrons. The van der Waals surface area contributed by atoms with Gasteiger partial charge in [0.15, 0.2) is 5.17 Å². The average Bonchev–Trinajstić information content (AvgIpc) is 2.68. The van der Waals surface area contributed by atoms with Crippen molar-refractivity contribution < 1.29 is 14.0 Å². The van der Waals surface area contributed by atoms with Crippen molar-refractivity contribution in [3.8, 4) is 0 Å². The summed E-state index contributed by atoms with van der Waals surface area (Å²) >= 11 is 6.93. The summed E-state index contributed by atoms with van der Waals surface area (Å²) in [5.74, 6) is -1.38. The smallest absolute Gasteiger partial charge is 0.238 e. The number of para-hydroxylation sites is 1. The fourth-order valence-electron chi connectivity index (χ4n) is 2.38. The third kappa shape index (κ3) is 5.17. The van der Waals surface area contributed by atoms with E-state index in [2.05, 4.69) is 20.8 Å². The molecule has 1 fully saturated rings. The van der Waals surface area contributed by atoms with Gasteiger partial charge in [-0.3, -0.25) is 9.59 Å². The minimum Gasteiger partial charge on any atom is -0.323 e. The van der Waals surface area contributed by atoms with E-state index in [-0.39, 0.29) is 23.2 Å². The molecule has 1 atom stereocenters. The lowest BCUT2D eigenvalue weighted by atomic mass is 10.1. The number of benzene rings is 2. The van der Waals surface area contributed by atoms with Gasteiger partial charge in [0.05, 0.1) is 11.4 Å². The second kappa shape index (κ2) is 8.99. The van der Waals surface area contributed by atoms with E-state index in [4.69, 9.17) is 11.6 Å². The second-order valence-corrected chi connectivity index (χ2v) is 7.55. The Kier molecular flexibility index (Phi) is 6.43. The summed E-state index contributed by atoms with van der Waals surface area (Å²) in [6.45, 7) is 1.77. The Morgan fingerprint density at radius 2 is 1.96 bits per heavy atom. The minimum absolute atomic E-state index is 0.0378. The van der Waals surface area contributed by atoms with Gasteiger partial charge in [-0.25, -0.2) is 4.39 Å². The Hall–Kier alpha value is -2.71. The molecule has 28 heavy (non-hydrogen) atoms.